The molecule has 166 valence electrons. The number of aromatic nitrogens is 4. The van der Waals surface area contributed by atoms with Crippen molar-refractivity contribution in [2.75, 3.05) is 6.61 Å². The number of nitrogens with zero attached hydrogens (tertiary/aromatic N) is 4. The van der Waals surface area contributed by atoms with Gasteiger partial charge in [-0.2, -0.15) is 0 Å². The van der Waals surface area contributed by atoms with E-state index in [-0.39, 0.29) is 29.8 Å². The van der Waals surface area contributed by atoms with Crippen molar-refractivity contribution in [2.45, 2.75) is 46.4 Å². The Hall–Kier alpha value is -3.52. The summed E-state index contributed by atoms with van der Waals surface area (Å²) in [6.07, 6.45) is 0.688. The van der Waals surface area contributed by atoms with Crippen LogP contribution in [-0.4, -0.2) is 37.2 Å². The molecule has 8 nitrogen and oxygen atoms in total. The summed E-state index contributed by atoms with van der Waals surface area (Å²) in [5.74, 6) is -0.000930. The summed E-state index contributed by atoms with van der Waals surface area (Å²) in [7, 11) is 0. The number of hydrogen-bond donors (Lipinski definition) is 0. The van der Waals surface area contributed by atoms with Crippen LogP contribution in [0.2, 0.25) is 0 Å². The van der Waals surface area contributed by atoms with Crippen LogP contribution in [0.5, 0.6) is 0 Å². The lowest BCUT2D eigenvalue weighted by Gasteiger charge is -2.11. The van der Waals surface area contributed by atoms with Crippen molar-refractivity contribution in [1.29, 1.82) is 0 Å². The molecule has 0 atom stereocenters. The molecule has 2 heterocycles. The molecule has 0 N–H and O–H groups in total. The van der Waals surface area contributed by atoms with Crippen molar-refractivity contribution >= 4 is 22.5 Å². The summed E-state index contributed by atoms with van der Waals surface area (Å²) in [6.45, 7) is 6.47. The molecule has 0 saturated heterocycles. The number of hydrogen-bond acceptors (Lipinski definition) is 5. The van der Waals surface area contributed by atoms with Crippen LogP contribution < -0.4 is 11.2 Å². The Morgan fingerprint density at radius 3 is 2.50 bits per heavy atom. The monoisotopic (exact) mass is 434 g/mol. The van der Waals surface area contributed by atoms with Gasteiger partial charge in [0.15, 0.2) is 5.78 Å². The fourth-order valence-corrected chi connectivity index (χ4v) is 3.68. The first kappa shape index (κ1) is 21.7. The largest absolute Gasteiger partial charge is 0.379 e. The van der Waals surface area contributed by atoms with Gasteiger partial charge in [0.05, 0.1) is 17.0 Å². The maximum absolute atomic E-state index is 13.2. The number of rotatable bonds is 8. The molecule has 0 aliphatic carbocycles. The first-order chi connectivity index (χ1) is 15.4. The standard InChI is InChI=1S/C24H26N4O4/c1-16(2)32-14-6-13-26-22(30)19-7-4-5-8-20(19)28-23(26)25-27(24(28)31)15-21(29)18-11-9-17(3)10-12-18/h4-5,7-12,16H,6,13-15H2,1-3H3. The lowest BCUT2D eigenvalue weighted by atomic mass is 10.1. The molecular formula is C24H26N4O4. The number of para-hydroxylation sites is 1. The Balaban J connectivity index is 1.78. The van der Waals surface area contributed by atoms with E-state index in [1.165, 1.54) is 8.97 Å². The molecule has 32 heavy (non-hydrogen) atoms. The summed E-state index contributed by atoms with van der Waals surface area (Å²) in [5.41, 5.74) is 1.35. The van der Waals surface area contributed by atoms with Crippen LogP contribution in [0.3, 0.4) is 0 Å². The summed E-state index contributed by atoms with van der Waals surface area (Å²) in [4.78, 5) is 39.1. The predicted octanol–water partition coefficient (Wildman–Crippen LogP) is 2.82. The smallest absolute Gasteiger partial charge is 0.352 e. The lowest BCUT2D eigenvalue weighted by Crippen LogP contribution is -2.28. The fourth-order valence-electron chi connectivity index (χ4n) is 3.68. The number of Topliss-reactive ketones (excluding diaryl/α,β-unsaturated/α-hetero) is 1. The predicted molar refractivity (Wildman–Crippen MR) is 122 cm³/mol. The maximum Gasteiger partial charge on any atom is 0.352 e. The molecule has 0 amide bonds. The van der Waals surface area contributed by atoms with Gasteiger partial charge in [-0.15, -0.1) is 5.10 Å². The molecule has 0 fully saturated rings. The molecule has 0 spiro atoms. The highest BCUT2D eigenvalue weighted by Gasteiger charge is 2.19. The Labute approximate surface area is 184 Å². The van der Waals surface area contributed by atoms with Crippen molar-refractivity contribution in [3.05, 3.63) is 80.5 Å². The van der Waals surface area contributed by atoms with Gasteiger partial charge in [-0.05, 0) is 39.3 Å². The number of carbonyl (C=O) groups is 1. The summed E-state index contributed by atoms with van der Waals surface area (Å²) in [6, 6.07) is 14.1. The number of fused-ring (bicyclic) bond motifs is 3. The third kappa shape index (κ3) is 4.13. The summed E-state index contributed by atoms with van der Waals surface area (Å²) in [5, 5.41) is 4.82. The molecule has 0 unspecified atom stereocenters. The lowest BCUT2D eigenvalue weighted by molar-refractivity contribution is 0.0748. The highest BCUT2D eigenvalue weighted by atomic mass is 16.5. The molecule has 0 aliphatic rings. The topological polar surface area (TPSA) is 87.6 Å². The van der Waals surface area contributed by atoms with E-state index >= 15 is 0 Å². The van der Waals surface area contributed by atoms with E-state index in [0.717, 1.165) is 10.2 Å². The van der Waals surface area contributed by atoms with Crippen molar-refractivity contribution < 1.29 is 9.53 Å². The fraction of sp³-hybridized carbons (Fsp3) is 0.333. The zero-order valence-corrected chi connectivity index (χ0v) is 18.4. The van der Waals surface area contributed by atoms with E-state index in [9.17, 15) is 14.4 Å². The highest BCUT2D eigenvalue weighted by molar-refractivity contribution is 5.95. The maximum atomic E-state index is 13.2. The van der Waals surface area contributed by atoms with Gasteiger partial charge in [0.1, 0.15) is 6.54 Å². The Bertz CT molecular complexity index is 1390. The number of ketones is 1. The third-order valence-corrected chi connectivity index (χ3v) is 5.33. The number of ether oxygens (including phenoxy) is 1. The van der Waals surface area contributed by atoms with Crippen LogP contribution in [0.25, 0.3) is 16.7 Å². The van der Waals surface area contributed by atoms with E-state index < -0.39 is 5.69 Å². The van der Waals surface area contributed by atoms with Crippen LogP contribution in [0, 0.1) is 6.92 Å². The second kappa shape index (κ2) is 8.92. The molecule has 0 aliphatic heterocycles. The Kier molecular flexibility index (Phi) is 6.05. The molecule has 2 aromatic heterocycles. The quantitative estimate of drug-likeness (QED) is 0.314. The van der Waals surface area contributed by atoms with Crippen LogP contribution >= 0.6 is 0 Å². The molecule has 4 aromatic rings. The van der Waals surface area contributed by atoms with Gasteiger partial charge in [-0.3, -0.25) is 14.2 Å². The first-order valence-corrected chi connectivity index (χ1v) is 10.7. The summed E-state index contributed by atoms with van der Waals surface area (Å²) >= 11 is 0. The molecular weight excluding hydrogens is 408 g/mol. The zero-order valence-electron chi connectivity index (χ0n) is 18.4. The van der Waals surface area contributed by atoms with Crippen molar-refractivity contribution in [2.24, 2.45) is 0 Å². The normalized spacial score (nSPS) is 11.6. The van der Waals surface area contributed by atoms with Crippen LogP contribution in [0.1, 0.15) is 36.2 Å². The average molecular weight is 434 g/mol. The second-order valence-corrected chi connectivity index (χ2v) is 8.11. The van der Waals surface area contributed by atoms with Crippen molar-refractivity contribution in [3.63, 3.8) is 0 Å². The summed E-state index contributed by atoms with van der Waals surface area (Å²) < 4.78 is 9.61. The number of benzene rings is 2. The van der Waals surface area contributed by atoms with E-state index in [4.69, 9.17) is 4.74 Å². The zero-order chi connectivity index (χ0) is 22.8. The van der Waals surface area contributed by atoms with E-state index in [1.807, 2.05) is 32.9 Å². The van der Waals surface area contributed by atoms with Crippen molar-refractivity contribution in [1.82, 2.24) is 18.7 Å². The molecule has 2 aromatic carbocycles. The van der Waals surface area contributed by atoms with Gasteiger partial charge < -0.3 is 4.74 Å². The molecule has 0 radical (unpaired) electrons. The minimum absolute atomic E-state index is 0.0953. The van der Waals surface area contributed by atoms with Gasteiger partial charge in [0.25, 0.3) is 5.56 Å². The Morgan fingerprint density at radius 1 is 1.06 bits per heavy atom. The van der Waals surface area contributed by atoms with E-state index in [0.29, 0.717) is 36.0 Å². The highest BCUT2D eigenvalue weighted by Crippen LogP contribution is 2.12. The average Bonchev–Trinajstić information content (AvgIpc) is 3.09. The Morgan fingerprint density at radius 2 is 1.78 bits per heavy atom. The minimum Gasteiger partial charge on any atom is -0.379 e. The molecule has 8 heteroatoms. The van der Waals surface area contributed by atoms with Crippen LogP contribution in [0.15, 0.2) is 58.1 Å². The number of carbonyl (C=O) groups excluding carboxylic acids is 1. The first-order valence-electron chi connectivity index (χ1n) is 10.7. The van der Waals surface area contributed by atoms with Crippen molar-refractivity contribution in [3.8, 4) is 0 Å². The van der Waals surface area contributed by atoms with Gasteiger partial charge in [-0.25, -0.2) is 13.9 Å². The molecule has 0 bridgehead atoms. The molecule has 4 rings (SSSR count). The van der Waals surface area contributed by atoms with Crippen LogP contribution in [-0.2, 0) is 17.8 Å². The number of aryl methyl sites for hydroxylation is 2. The van der Waals surface area contributed by atoms with E-state index in [1.54, 1.807) is 36.4 Å². The van der Waals surface area contributed by atoms with Gasteiger partial charge in [0, 0.05) is 18.7 Å². The van der Waals surface area contributed by atoms with E-state index in [2.05, 4.69) is 5.10 Å². The van der Waals surface area contributed by atoms with Gasteiger partial charge >= 0.3 is 5.69 Å². The van der Waals surface area contributed by atoms with Gasteiger partial charge in [-0.1, -0.05) is 42.0 Å². The molecule has 0 saturated carbocycles. The minimum atomic E-state index is -0.455. The van der Waals surface area contributed by atoms with Crippen LogP contribution in [0.4, 0.5) is 0 Å². The third-order valence-electron chi connectivity index (χ3n) is 5.33. The van der Waals surface area contributed by atoms with Gasteiger partial charge in [0.2, 0.25) is 5.78 Å². The SMILES string of the molecule is Cc1ccc(C(=O)Cn2nc3n(CCCOC(C)C)c(=O)c4ccccc4n3c2=O)cc1. The second-order valence-electron chi connectivity index (χ2n) is 8.11.